The van der Waals surface area contributed by atoms with E-state index in [4.69, 9.17) is 0 Å². The lowest BCUT2D eigenvalue weighted by molar-refractivity contribution is -0.126. The van der Waals surface area contributed by atoms with E-state index in [1.54, 1.807) is 6.20 Å². The van der Waals surface area contributed by atoms with E-state index in [0.29, 0.717) is 5.13 Å². The second-order valence-corrected chi connectivity index (χ2v) is 6.82. The molecule has 3 nitrogen and oxygen atoms in total. The van der Waals surface area contributed by atoms with Gasteiger partial charge in [0.15, 0.2) is 5.13 Å². The highest BCUT2D eigenvalue weighted by Crippen LogP contribution is 2.51. The number of thiazole rings is 1. The Balaban J connectivity index is 1.66. The summed E-state index contributed by atoms with van der Waals surface area (Å²) < 4.78 is 25.8. The van der Waals surface area contributed by atoms with E-state index in [2.05, 4.69) is 16.4 Å². The molecule has 1 aromatic heterocycles. The van der Waals surface area contributed by atoms with Gasteiger partial charge in [0.2, 0.25) is 5.91 Å². The van der Waals surface area contributed by atoms with Gasteiger partial charge in [0, 0.05) is 17.5 Å². The van der Waals surface area contributed by atoms with Gasteiger partial charge in [0.05, 0.1) is 0 Å². The van der Waals surface area contributed by atoms with Crippen molar-refractivity contribution in [2.45, 2.75) is 32.6 Å². The van der Waals surface area contributed by atoms with Crippen molar-refractivity contribution in [3.8, 4) is 0 Å². The predicted octanol–water partition coefficient (Wildman–Crippen LogP) is 4.03. The lowest BCUT2D eigenvalue weighted by Crippen LogP contribution is -2.30. The van der Waals surface area contributed by atoms with Crippen LogP contribution in [0.3, 0.4) is 0 Å². The number of aromatic nitrogens is 1. The van der Waals surface area contributed by atoms with Crippen molar-refractivity contribution in [2.24, 2.45) is 5.41 Å². The number of nitrogens with zero attached hydrogens (tertiary/aromatic N) is 1. The average molecular weight is 322 g/mol. The van der Waals surface area contributed by atoms with Crippen LogP contribution in [0.15, 0.2) is 30.5 Å². The van der Waals surface area contributed by atoms with Gasteiger partial charge < -0.3 is 5.32 Å². The molecule has 1 aliphatic carbocycles. The standard InChI is InChI=1S/C16H16F2N2OS/c1-10-3-2-4-11(7-10)8-12-9-19-15(22-12)20-14(21)16(5-6-16)13(17)18/h2-4,7,9,13H,5-6,8H2,1H3,(H,19,20,21). The van der Waals surface area contributed by atoms with E-state index in [1.807, 2.05) is 25.1 Å². The molecular formula is C16H16F2N2OS. The minimum atomic E-state index is -2.61. The molecule has 1 amide bonds. The molecule has 0 saturated heterocycles. The molecule has 0 aliphatic heterocycles. The van der Waals surface area contributed by atoms with E-state index in [0.717, 1.165) is 16.9 Å². The minimum Gasteiger partial charge on any atom is -0.301 e. The van der Waals surface area contributed by atoms with Gasteiger partial charge in [0.1, 0.15) is 5.41 Å². The molecule has 0 bridgehead atoms. The van der Waals surface area contributed by atoms with Gasteiger partial charge in [-0.2, -0.15) is 0 Å². The SMILES string of the molecule is Cc1cccc(Cc2cnc(NC(=O)C3(C(F)F)CC3)s2)c1. The van der Waals surface area contributed by atoms with Gasteiger partial charge >= 0.3 is 0 Å². The van der Waals surface area contributed by atoms with E-state index in [1.165, 1.54) is 16.9 Å². The van der Waals surface area contributed by atoms with Crippen molar-refractivity contribution in [3.63, 3.8) is 0 Å². The Morgan fingerprint density at radius 3 is 2.86 bits per heavy atom. The molecule has 3 rings (SSSR count). The normalized spacial score (nSPS) is 15.8. The van der Waals surface area contributed by atoms with E-state index in [-0.39, 0.29) is 12.8 Å². The molecule has 0 unspecified atom stereocenters. The highest BCUT2D eigenvalue weighted by atomic mass is 32.1. The summed E-state index contributed by atoms with van der Waals surface area (Å²) in [5.74, 6) is -0.612. The first kappa shape index (κ1) is 15.1. The van der Waals surface area contributed by atoms with Crippen LogP contribution in [0.4, 0.5) is 13.9 Å². The summed E-state index contributed by atoms with van der Waals surface area (Å²) in [5.41, 5.74) is 0.860. The molecule has 1 heterocycles. The summed E-state index contributed by atoms with van der Waals surface area (Å²) in [4.78, 5) is 17.0. The maximum absolute atomic E-state index is 12.9. The van der Waals surface area contributed by atoms with Gasteiger partial charge in [-0.15, -0.1) is 11.3 Å². The van der Waals surface area contributed by atoms with Gasteiger partial charge in [0.25, 0.3) is 6.43 Å². The summed E-state index contributed by atoms with van der Waals surface area (Å²) in [6, 6.07) is 8.14. The quantitative estimate of drug-likeness (QED) is 0.903. The fourth-order valence-electron chi connectivity index (χ4n) is 2.37. The van der Waals surface area contributed by atoms with E-state index < -0.39 is 17.7 Å². The number of benzene rings is 1. The smallest absolute Gasteiger partial charge is 0.252 e. The molecule has 0 spiro atoms. The number of hydrogen-bond donors (Lipinski definition) is 1. The molecule has 116 valence electrons. The van der Waals surface area contributed by atoms with Crippen LogP contribution in [0.25, 0.3) is 0 Å². The zero-order chi connectivity index (χ0) is 15.7. The Hall–Kier alpha value is -1.82. The Kier molecular flexibility index (Phi) is 3.95. The van der Waals surface area contributed by atoms with Crippen molar-refractivity contribution >= 4 is 22.4 Å². The van der Waals surface area contributed by atoms with Crippen molar-refractivity contribution in [2.75, 3.05) is 5.32 Å². The highest BCUT2D eigenvalue weighted by Gasteiger charge is 2.57. The number of amides is 1. The van der Waals surface area contributed by atoms with Gasteiger partial charge in [-0.05, 0) is 25.3 Å². The Morgan fingerprint density at radius 2 is 2.23 bits per heavy atom. The number of carbonyl (C=O) groups is 1. The molecule has 22 heavy (non-hydrogen) atoms. The van der Waals surface area contributed by atoms with Crippen LogP contribution in [0.5, 0.6) is 0 Å². The highest BCUT2D eigenvalue weighted by molar-refractivity contribution is 7.15. The first-order chi connectivity index (χ1) is 10.5. The van der Waals surface area contributed by atoms with Crippen LogP contribution in [-0.4, -0.2) is 17.3 Å². The van der Waals surface area contributed by atoms with Gasteiger partial charge in [-0.1, -0.05) is 29.8 Å². The molecular weight excluding hydrogens is 306 g/mol. The minimum absolute atomic E-state index is 0.248. The van der Waals surface area contributed by atoms with Crippen LogP contribution in [0.2, 0.25) is 0 Å². The number of alkyl halides is 2. The Labute approximate surface area is 131 Å². The Morgan fingerprint density at radius 1 is 1.45 bits per heavy atom. The second kappa shape index (κ2) is 5.76. The van der Waals surface area contributed by atoms with Crippen molar-refractivity contribution in [1.29, 1.82) is 0 Å². The first-order valence-corrected chi connectivity index (χ1v) is 7.91. The number of carbonyl (C=O) groups excluding carboxylic acids is 1. The number of rotatable bonds is 5. The number of halogens is 2. The molecule has 0 radical (unpaired) electrons. The third kappa shape index (κ3) is 3.02. The maximum atomic E-state index is 12.9. The van der Waals surface area contributed by atoms with Crippen molar-refractivity contribution in [1.82, 2.24) is 4.98 Å². The summed E-state index contributed by atoms with van der Waals surface area (Å²) in [6.07, 6.45) is 0.287. The fourth-order valence-corrected chi connectivity index (χ4v) is 3.21. The van der Waals surface area contributed by atoms with Crippen LogP contribution in [-0.2, 0) is 11.2 Å². The molecule has 1 saturated carbocycles. The monoisotopic (exact) mass is 322 g/mol. The summed E-state index contributed by atoms with van der Waals surface area (Å²) in [7, 11) is 0. The van der Waals surface area contributed by atoms with E-state index >= 15 is 0 Å². The maximum Gasteiger partial charge on any atom is 0.252 e. The van der Waals surface area contributed by atoms with Crippen LogP contribution < -0.4 is 5.32 Å². The van der Waals surface area contributed by atoms with Gasteiger partial charge in [-0.3, -0.25) is 4.79 Å². The van der Waals surface area contributed by atoms with Crippen LogP contribution >= 0.6 is 11.3 Å². The molecule has 2 aromatic rings. The third-order valence-electron chi connectivity index (χ3n) is 3.89. The lowest BCUT2D eigenvalue weighted by atomic mass is 10.1. The first-order valence-electron chi connectivity index (χ1n) is 7.09. The molecule has 1 aromatic carbocycles. The van der Waals surface area contributed by atoms with E-state index in [9.17, 15) is 13.6 Å². The number of anilines is 1. The molecule has 0 atom stereocenters. The summed E-state index contributed by atoms with van der Waals surface area (Å²) in [5, 5.41) is 2.92. The van der Waals surface area contributed by atoms with Gasteiger partial charge in [-0.25, -0.2) is 13.8 Å². The predicted molar refractivity (Wildman–Crippen MR) is 82.4 cm³/mol. The third-order valence-corrected chi connectivity index (χ3v) is 4.81. The zero-order valence-corrected chi connectivity index (χ0v) is 12.9. The molecule has 6 heteroatoms. The largest absolute Gasteiger partial charge is 0.301 e. The fraction of sp³-hybridized carbons (Fsp3) is 0.375. The van der Waals surface area contributed by atoms with Crippen LogP contribution in [0, 0.1) is 12.3 Å². The molecule has 1 aliphatic rings. The van der Waals surface area contributed by atoms with Crippen molar-refractivity contribution in [3.05, 3.63) is 46.5 Å². The molecule has 1 fully saturated rings. The zero-order valence-electron chi connectivity index (χ0n) is 12.1. The van der Waals surface area contributed by atoms with Crippen molar-refractivity contribution < 1.29 is 13.6 Å². The number of aryl methyl sites for hydroxylation is 1. The number of hydrogen-bond acceptors (Lipinski definition) is 3. The number of nitrogens with one attached hydrogen (secondary N) is 1. The Bertz CT molecular complexity index is 695. The summed E-state index contributed by atoms with van der Waals surface area (Å²) in [6.45, 7) is 2.03. The second-order valence-electron chi connectivity index (χ2n) is 5.71. The average Bonchev–Trinajstić information content (AvgIpc) is 3.17. The van der Waals surface area contributed by atoms with Crippen LogP contribution in [0.1, 0.15) is 28.8 Å². The lowest BCUT2D eigenvalue weighted by Gasteiger charge is -2.12. The topological polar surface area (TPSA) is 42.0 Å². The summed E-state index contributed by atoms with van der Waals surface area (Å²) >= 11 is 1.33. The molecule has 1 N–H and O–H groups in total.